The second kappa shape index (κ2) is 8.30. The monoisotopic (exact) mass is 445 g/mol. The molecule has 0 radical (unpaired) electrons. The third-order valence-electron chi connectivity index (χ3n) is 6.80. The van der Waals surface area contributed by atoms with Gasteiger partial charge in [-0.3, -0.25) is 9.88 Å². The fourth-order valence-corrected chi connectivity index (χ4v) is 5.02. The summed E-state index contributed by atoms with van der Waals surface area (Å²) in [6, 6.07) is 8.58. The molecule has 3 aromatic heterocycles. The van der Waals surface area contributed by atoms with Crippen LogP contribution in [0, 0.1) is 19.8 Å². The molecule has 4 aromatic rings. The Bertz CT molecular complexity index is 1390. The number of hydrogen-bond acceptors (Lipinski definition) is 6. The van der Waals surface area contributed by atoms with E-state index in [2.05, 4.69) is 46.6 Å². The van der Waals surface area contributed by atoms with Crippen molar-refractivity contribution in [2.45, 2.75) is 40.7 Å². The standard InChI is InChI=1S/C26H31N5O2/c1-6-29-9-10-30(15-23(29)16(2)3)20-8-7-19-11-21(26(32)33-24(19)12-20)22-14-31-13-17(4)27-18(5)25(31)28-22/h7-8,11-14,16,23H,6,9-10,15H2,1-5H3. The van der Waals surface area contributed by atoms with Gasteiger partial charge in [-0.15, -0.1) is 0 Å². The van der Waals surface area contributed by atoms with Crippen LogP contribution in [0.5, 0.6) is 0 Å². The molecule has 0 bridgehead atoms. The average Bonchev–Trinajstić information content (AvgIpc) is 3.21. The van der Waals surface area contributed by atoms with Gasteiger partial charge >= 0.3 is 5.63 Å². The van der Waals surface area contributed by atoms with Crippen molar-refractivity contribution in [1.82, 2.24) is 19.3 Å². The van der Waals surface area contributed by atoms with E-state index < -0.39 is 0 Å². The minimum absolute atomic E-state index is 0.374. The smallest absolute Gasteiger partial charge is 0.345 e. The Labute approximate surface area is 193 Å². The molecule has 7 heteroatoms. The van der Waals surface area contributed by atoms with Crippen LogP contribution in [0.2, 0.25) is 0 Å². The van der Waals surface area contributed by atoms with Crippen molar-refractivity contribution < 1.29 is 4.42 Å². The first-order valence-corrected chi connectivity index (χ1v) is 11.7. The van der Waals surface area contributed by atoms with E-state index in [0.29, 0.717) is 28.8 Å². The van der Waals surface area contributed by atoms with E-state index in [0.717, 1.165) is 54.3 Å². The molecular weight excluding hydrogens is 414 g/mol. The van der Waals surface area contributed by atoms with Gasteiger partial charge in [-0.05, 0) is 44.5 Å². The van der Waals surface area contributed by atoms with Crippen LogP contribution in [-0.2, 0) is 0 Å². The Kier molecular flexibility index (Phi) is 5.44. The number of hydrogen-bond donors (Lipinski definition) is 0. The van der Waals surface area contributed by atoms with Gasteiger partial charge in [0.15, 0.2) is 5.65 Å². The van der Waals surface area contributed by atoms with Gasteiger partial charge in [0.25, 0.3) is 0 Å². The van der Waals surface area contributed by atoms with Gasteiger partial charge in [0.2, 0.25) is 0 Å². The van der Waals surface area contributed by atoms with Gasteiger partial charge in [-0.2, -0.15) is 0 Å². The Morgan fingerprint density at radius 2 is 1.94 bits per heavy atom. The van der Waals surface area contributed by atoms with Gasteiger partial charge < -0.3 is 13.7 Å². The van der Waals surface area contributed by atoms with Crippen LogP contribution < -0.4 is 10.5 Å². The molecule has 0 aliphatic carbocycles. The third kappa shape index (κ3) is 3.91. The zero-order valence-electron chi connectivity index (χ0n) is 20.0. The molecule has 1 aromatic carbocycles. The summed E-state index contributed by atoms with van der Waals surface area (Å²) < 4.78 is 7.71. The van der Waals surface area contributed by atoms with Crippen LogP contribution in [-0.4, -0.2) is 51.5 Å². The minimum Gasteiger partial charge on any atom is -0.422 e. The highest BCUT2D eigenvalue weighted by Gasteiger charge is 2.28. The zero-order valence-corrected chi connectivity index (χ0v) is 20.0. The van der Waals surface area contributed by atoms with Crippen molar-refractivity contribution in [2.75, 3.05) is 31.1 Å². The van der Waals surface area contributed by atoms with E-state index in [4.69, 9.17) is 4.42 Å². The number of fused-ring (bicyclic) bond motifs is 2. The predicted molar refractivity (Wildman–Crippen MR) is 132 cm³/mol. The minimum atomic E-state index is -0.374. The largest absolute Gasteiger partial charge is 0.422 e. The van der Waals surface area contributed by atoms with Crippen molar-refractivity contribution in [2.24, 2.45) is 5.92 Å². The Morgan fingerprint density at radius 3 is 2.70 bits per heavy atom. The predicted octanol–water partition coefficient (Wildman–Crippen LogP) is 4.29. The summed E-state index contributed by atoms with van der Waals surface area (Å²) in [4.78, 5) is 27.0. The lowest BCUT2D eigenvalue weighted by molar-refractivity contribution is 0.146. The van der Waals surface area contributed by atoms with Crippen molar-refractivity contribution >= 4 is 22.3 Å². The highest BCUT2D eigenvalue weighted by atomic mass is 16.4. The maximum atomic E-state index is 12.9. The number of imidazole rings is 1. The second-order valence-corrected chi connectivity index (χ2v) is 9.38. The molecule has 0 spiro atoms. The number of anilines is 1. The number of piperazine rings is 1. The summed E-state index contributed by atoms with van der Waals surface area (Å²) >= 11 is 0. The van der Waals surface area contributed by atoms with E-state index in [1.807, 2.05) is 48.8 Å². The highest BCUT2D eigenvalue weighted by molar-refractivity contribution is 5.84. The van der Waals surface area contributed by atoms with Crippen molar-refractivity contribution in [1.29, 1.82) is 0 Å². The molecule has 1 aliphatic rings. The Balaban J connectivity index is 1.50. The second-order valence-electron chi connectivity index (χ2n) is 9.38. The summed E-state index contributed by atoms with van der Waals surface area (Å²) in [6.07, 6.45) is 3.78. The van der Waals surface area contributed by atoms with Crippen LogP contribution in [0.15, 0.2) is 45.9 Å². The van der Waals surface area contributed by atoms with Crippen LogP contribution in [0.3, 0.4) is 0 Å². The van der Waals surface area contributed by atoms with Crippen molar-refractivity contribution in [3.05, 3.63) is 58.5 Å². The number of benzene rings is 1. The summed E-state index contributed by atoms with van der Waals surface area (Å²) in [5.74, 6) is 0.585. The van der Waals surface area contributed by atoms with Gasteiger partial charge in [0, 0.05) is 55.2 Å². The average molecular weight is 446 g/mol. The summed E-state index contributed by atoms with van der Waals surface area (Å²) in [5.41, 5.74) is 4.88. The Morgan fingerprint density at radius 1 is 1.12 bits per heavy atom. The lowest BCUT2D eigenvalue weighted by Gasteiger charge is -2.44. The topological polar surface area (TPSA) is 66.9 Å². The SMILES string of the molecule is CCN1CCN(c2ccc3cc(-c4cn5cc(C)nc(C)c5n4)c(=O)oc3c2)CC1C(C)C. The van der Waals surface area contributed by atoms with Crippen LogP contribution in [0.4, 0.5) is 5.69 Å². The fourth-order valence-electron chi connectivity index (χ4n) is 5.02. The summed E-state index contributed by atoms with van der Waals surface area (Å²) in [5, 5.41) is 0.893. The van der Waals surface area contributed by atoms with Crippen LogP contribution in [0.1, 0.15) is 32.2 Å². The van der Waals surface area contributed by atoms with E-state index in [-0.39, 0.29) is 5.63 Å². The molecule has 0 amide bonds. The number of aryl methyl sites for hydroxylation is 2. The first kappa shape index (κ1) is 21.6. The van der Waals surface area contributed by atoms with E-state index in [1.54, 1.807) is 0 Å². The number of rotatable bonds is 4. The van der Waals surface area contributed by atoms with Gasteiger partial charge in [-0.25, -0.2) is 9.78 Å². The molecule has 1 fully saturated rings. The Hall–Kier alpha value is -3.19. The molecule has 7 nitrogen and oxygen atoms in total. The number of likely N-dealkylation sites (N-methyl/N-ethyl adjacent to an activating group) is 1. The maximum Gasteiger partial charge on any atom is 0.345 e. The molecule has 1 saturated heterocycles. The molecule has 172 valence electrons. The fraction of sp³-hybridized carbons (Fsp3) is 0.423. The van der Waals surface area contributed by atoms with Gasteiger partial charge in [0.1, 0.15) is 5.58 Å². The summed E-state index contributed by atoms with van der Waals surface area (Å²) in [6.45, 7) is 14.7. The highest BCUT2D eigenvalue weighted by Crippen LogP contribution is 2.28. The molecule has 4 heterocycles. The molecular formula is C26H31N5O2. The molecule has 1 atom stereocenters. The zero-order chi connectivity index (χ0) is 23.3. The number of aromatic nitrogens is 3. The molecule has 1 aliphatic heterocycles. The van der Waals surface area contributed by atoms with Crippen LogP contribution >= 0.6 is 0 Å². The molecule has 33 heavy (non-hydrogen) atoms. The first-order valence-electron chi connectivity index (χ1n) is 11.7. The lowest BCUT2D eigenvalue weighted by Crippen LogP contribution is -2.55. The summed E-state index contributed by atoms with van der Waals surface area (Å²) in [7, 11) is 0. The van der Waals surface area contributed by atoms with Crippen molar-refractivity contribution in [3.8, 4) is 11.3 Å². The third-order valence-corrected chi connectivity index (χ3v) is 6.80. The molecule has 0 saturated carbocycles. The van der Waals surface area contributed by atoms with Gasteiger partial charge in [-0.1, -0.05) is 20.8 Å². The normalized spacial score (nSPS) is 17.5. The first-order chi connectivity index (χ1) is 15.8. The molecule has 1 unspecified atom stereocenters. The molecule has 0 N–H and O–H groups in total. The maximum absolute atomic E-state index is 12.9. The van der Waals surface area contributed by atoms with Crippen LogP contribution in [0.25, 0.3) is 27.9 Å². The number of nitrogens with zero attached hydrogens (tertiary/aromatic N) is 5. The van der Waals surface area contributed by atoms with Gasteiger partial charge in [0.05, 0.1) is 22.6 Å². The van der Waals surface area contributed by atoms with E-state index in [9.17, 15) is 4.79 Å². The lowest BCUT2D eigenvalue weighted by atomic mass is 9.99. The van der Waals surface area contributed by atoms with E-state index in [1.165, 1.54) is 0 Å². The van der Waals surface area contributed by atoms with E-state index >= 15 is 0 Å². The molecule has 5 rings (SSSR count). The quantitative estimate of drug-likeness (QED) is 0.437. The van der Waals surface area contributed by atoms with Crippen molar-refractivity contribution in [3.63, 3.8) is 0 Å².